The predicted octanol–water partition coefficient (Wildman–Crippen LogP) is 0.368. The van der Waals surface area contributed by atoms with Gasteiger partial charge < -0.3 is 16.2 Å². The van der Waals surface area contributed by atoms with Crippen LogP contribution in [0.5, 0.6) is 0 Å². The van der Waals surface area contributed by atoms with Crippen molar-refractivity contribution in [2.75, 3.05) is 5.73 Å². The van der Waals surface area contributed by atoms with Crippen LogP contribution in [0, 0.1) is 0 Å². The van der Waals surface area contributed by atoms with Crippen LogP contribution >= 0.6 is 0 Å². The highest BCUT2D eigenvalue weighted by atomic mass is 16.4. The van der Waals surface area contributed by atoms with Crippen LogP contribution in [-0.2, 0) is 17.8 Å². The highest BCUT2D eigenvalue weighted by molar-refractivity contribution is 5.74. The minimum Gasteiger partial charge on any atom is -0.480 e. The molecule has 0 aromatic heterocycles. The Labute approximate surface area is 81.7 Å². The number of fused-ring (bicyclic) bond motifs is 1. The molecule has 0 aliphatic carbocycles. The summed E-state index contributed by atoms with van der Waals surface area (Å²) in [6.07, 6.45) is 0.533. The zero-order valence-electron chi connectivity index (χ0n) is 7.66. The summed E-state index contributed by atoms with van der Waals surface area (Å²) in [5, 5.41) is 11.8. The molecule has 2 rings (SSSR count). The Bertz CT molecular complexity index is 376. The fourth-order valence-electron chi connectivity index (χ4n) is 1.71. The summed E-state index contributed by atoms with van der Waals surface area (Å²) in [5.74, 6) is -0.799. The summed E-state index contributed by atoms with van der Waals surface area (Å²) in [7, 11) is 0. The highest BCUT2D eigenvalue weighted by Gasteiger charge is 2.23. The van der Waals surface area contributed by atoms with Crippen LogP contribution in [-0.4, -0.2) is 17.1 Å². The molecule has 74 valence electrons. The second kappa shape index (κ2) is 3.31. The van der Waals surface area contributed by atoms with Crippen LogP contribution in [0.15, 0.2) is 18.2 Å². The van der Waals surface area contributed by atoms with E-state index in [0.29, 0.717) is 13.0 Å². The lowest BCUT2D eigenvalue weighted by molar-refractivity contribution is -0.139. The molecule has 0 spiro atoms. The normalized spacial score (nSPS) is 20.1. The Balaban J connectivity index is 2.27. The Morgan fingerprint density at radius 1 is 1.50 bits per heavy atom. The molecule has 0 radical (unpaired) electrons. The fourth-order valence-corrected chi connectivity index (χ4v) is 1.71. The van der Waals surface area contributed by atoms with Gasteiger partial charge in [-0.1, -0.05) is 6.07 Å². The molecule has 0 unspecified atom stereocenters. The van der Waals surface area contributed by atoms with E-state index in [2.05, 4.69) is 5.32 Å². The predicted molar refractivity (Wildman–Crippen MR) is 52.8 cm³/mol. The number of rotatable bonds is 1. The average Bonchev–Trinajstić information content (AvgIpc) is 2.16. The molecule has 0 fully saturated rings. The summed E-state index contributed by atoms with van der Waals surface area (Å²) in [4.78, 5) is 10.7. The first kappa shape index (κ1) is 9.02. The van der Waals surface area contributed by atoms with E-state index in [4.69, 9.17) is 10.8 Å². The number of carboxylic acid groups (broad SMARTS) is 1. The van der Waals surface area contributed by atoms with Crippen molar-refractivity contribution in [2.24, 2.45) is 0 Å². The molecule has 14 heavy (non-hydrogen) atoms. The smallest absolute Gasteiger partial charge is 0.321 e. The van der Waals surface area contributed by atoms with E-state index >= 15 is 0 Å². The molecule has 0 saturated heterocycles. The number of anilines is 1. The molecule has 1 atom stereocenters. The second-order valence-electron chi connectivity index (χ2n) is 3.50. The van der Waals surface area contributed by atoms with Gasteiger partial charge in [-0.25, -0.2) is 0 Å². The topological polar surface area (TPSA) is 75.3 Å². The molecule has 4 N–H and O–H groups in total. The van der Waals surface area contributed by atoms with Crippen molar-refractivity contribution < 1.29 is 9.90 Å². The number of carbonyl (C=O) groups is 1. The van der Waals surface area contributed by atoms with Gasteiger partial charge >= 0.3 is 5.97 Å². The molecule has 0 bridgehead atoms. The van der Waals surface area contributed by atoms with E-state index in [1.165, 1.54) is 0 Å². The zero-order valence-corrected chi connectivity index (χ0v) is 7.66. The van der Waals surface area contributed by atoms with E-state index in [1.54, 1.807) is 0 Å². The first-order valence-electron chi connectivity index (χ1n) is 4.50. The van der Waals surface area contributed by atoms with E-state index < -0.39 is 12.0 Å². The monoisotopic (exact) mass is 192 g/mol. The number of hydrogen-bond acceptors (Lipinski definition) is 3. The summed E-state index contributed by atoms with van der Waals surface area (Å²) < 4.78 is 0. The number of carboxylic acids is 1. The molecule has 0 amide bonds. The van der Waals surface area contributed by atoms with Crippen molar-refractivity contribution >= 4 is 11.7 Å². The number of benzene rings is 1. The molecule has 1 aromatic carbocycles. The van der Waals surface area contributed by atoms with Crippen LogP contribution in [0.1, 0.15) is 11.1 Å². The first-order valence-corrected chi connectivity index (χ1v) is 4.50. The fraction of sp³-hybridized carbons (Fsp3) is 0.300. The van der Waals surface area contributed by atoms with Crippen LogP contribution in [0.3, 0.4) is 0 Å². The molecule has 1 heterocycles. The maximum atomic E-state index is 10.7. The molecule has 4 heteroatoms. The van der Waals surface area contributed by atoms with Crippen molar-refractivity contribution in [3.05, 3.63) is 29.3 Å². The minimum absolute atomic E-state index is 0.467. The summed E-state index contributed by atoms with van der Waals surface area (Å²) in [6, 6.07) is 5.14. The Hall–Kier alpha value is -1.55. The molecular formula is C10H12N2O2. The van der Waals surface area contributed by atoms with Crippen LogP contribution < -0.4 is 11.1 Å². The lowest BCUT2D eigenvalue weighted by Crippen LogP contribution is -2.41. The van der Waals surface area contributed by atoms with Gasteiger partial charge in [0.2, 0.25) is 0 Å². The maximum Gasteiger partial charge on any atom is 0.321 e. The van der Waals surface area contributed by atoms with Crippen molar-refractivity contribution in [3.8, 4) is 0 Å². The molecule has 1 aliphatic heterocycles. The second-order valence-corrected chi connectivity index (χ2v) is 3.50. The van der Waals surface area contributed by atoms with E-state index in [0.717, 1.165) is 16.8 Å². The number of hydrogen-bond donors (Lipinski definition) is 3. The number of nitrogens with two attached hydrogens (primary N) is 1. The van der Waals surface area contributed by atoms with E-state index in [1.807, 2.05) is 18.2 Å². The van der Waals surface area contributed by atoms with Gasteiger partial charge in [-0.05, 0) is 29.7 Å². The number of nitrogen functional groups attached to an aromatic ring is 1. The third-order valence-corrected chi connectivity index (χ3v) is 2.49. The highest BCUT2D eigenvalue weighted by Crippen LogP contribution is 2.19. The van der Waals surface area contributed by atoms with E-state index in [-0.39, 0.29) is 0 Å². The largest absolute Gasteiger partial charge is 0.480 e. The SMILES string of the molecule is Nc1ccc2c(c1)CN[C@@H](C(=O)O)C2. The summed E-state index contributed by atoms with van der Waals surface area (Å²) in [5.41, 5.74) is 8.53. The van der Waals surface area contributed by atoms with Crippen LogP contribution in [0.4, 0.5) is 5.69 Å². The Morgan fingerprint density at radius 3 is 3.00 bits per heavy atom. The van der Waals surface area contributed by atoms with Gasteiger partial charge in [0.25, 0.3) is 0 Å². The van der Waals surface area contributed by atoms with Gasteiger partial charge in [-0.2, -0.15) is 0 Å². The molecule has 1 aliphatic rings. The van der Waals surface area contributed by atoms with Gasteiger partial charge in [0.05, 0.1) is 0 Å². The van der Waals surface area contributed by atoms with Crippen molar-refractivity contribution in [3.63, 3.8) is 0 Å². The molecule has 4 nitrogen and oxygen atoms in total. The first-order chi connectivity index (χ1) is 6.66. The lowest BCUT2D eigenvalue weighted by Gasteiger charge is -2.23. The quantitative estimate of drug-likeness (QED) is 0.562. The van der Waals surface area contributed by atoms with Gasteiger partial charge in [-0.15, -0.1) is 0 Å². The average molecular weight is 192 g/mol. The summed E-state index contributed by atoms with van der Waals surface area (Å²) in [6.45, 7) is 0.581. The van der Waals surface area contributed by atoms with Crippen molar-refractivity contribution in [1.29, 1.82) is 0 Å². The molecular weight excluding hydrogens is 180 g/mol. The third kappa shape index (κ3) is 1.56. The minimum atomic E-state index is -0.799. The van der Waals surface area contributed by atoms with Crippen LogP contribution in [0.25, 0.3) is 0 Å². The van der Waals surface area contributed by atoms with Gasteiger partial charge in [0.15, 0.2) is 0 Å². The number of aliphatic carboxylic acids is 1. The zero-order chi connectivity index (χ0) is 10.1. The van der Waals surface area contributed by atoms with Crippen LogP contribution in [0.2, 0.25) is 0 Å². The van der Waals surface area contributed by atoms with E-state index in [9.17, 15) is 4.79 Å². The standard InChI is InChI=1S/C10H12N2O2/c11-8-2-1-6-4-9(10(13)14)12-5-7(6)3-8/h1-3,9,12H,4-5,11H2,(H,13,14)/t9-/m1/s1. The van der Waals surface area contributed by atoms with Gasteiger partial charge in [-0.3, -0.25) is 4.79 Å². The Morgan fingerprint density at radius 2 is 2.29 bits per heavy atom. The lowest BCUT2D eigenvalue weighted by atomic mass is 9.95. The van der Waals surface area contributed by atoms with Gasteiger partial charge in [0, 0.05) is 12.2 Å². The third-order valence-electron chi connectivity index (χ3n) is 2.49. The summed E-state index contributed by atoms with van der Waals surface area (Å²) >= 11 is 0. The van der Waals surface area contributed by atoms with Crippen molar-refractivity contribution in [1.82, 2.24) is 5.32 Å². The van der Waals surface area contributed by atoms with Crippen molar-refractivity contribution in [2.45, 2.75) is 19.0 Å². The van der Waals surface area contributed by atoms with Gasteiger partial charge in [0.1, 0.15) is 6.04 Å². The maximum absolute atomic E-state index is 10.7. The molecule has 0 saturated carbocycles. The molecule has 1 aromatic rings. The number of nitrogens with one attached hydrogen (secondary N) is 1. The Kier molecular flexibility index (Phi) is 2.13.